The summed E-state index contributed by atoms with van der Waals surface area (Å²) in [4.78, 5) is 22.2. The molecule has 3 heterocycles. The average molecular weight is 425 g/mol. The Kier molecular flexibility index (Phi) is 4.36. The van der Waals surface area contributed by atoms with Crippen LogP contribution in [-0.4, -0.2) is 21.0 Å². The van der Waals surface area contributed by atoms with Crippen molar-refractivity contribution in [2.75, 3.05) is 4.90 Å². The van der Waals surface area contributed by atoms with Crippen molar-refractivity contribution in [3.05, 3.63) is 64.5 Å². The first-order valence-corrected chi connectivity index (χ1v) is 10.00. The van der Waals surface area contributed by atoms with Crippen molar-refractivity contribution in [3.63, 3.8) is 0 Å². The van der Waals surface area contributed by atoms with E-state index in [4.69, 9.17) is 21.1 Å². The molecular formula is C22H18ClFN4O2. The lowest BCUT2D eigenvalue weighted by Crippen LogP contribution is -2.28. The van der Waals surface area contributed by atoms with Crippen LogP contribution in [0.3, 0.4) is 0 Å². The van der Waals surface area contributed by atoms with Crippen LogP contribution in [0.4, 0.5) is 10.1 Å². The smallest absolute Gasteiger partial charge is 0.227 e. The Balaban J connectivity index is 1.55. The maximum absolute atomic E-state index is 14.0. The highest BCUT2D eigenvalue weighted by Gasteiger charge is 2.35. The van der Waals surface area contributed by atoms with Gasteiger partial charge in [-0.05, 0) is 56.2 Å². The topological polar surface area (TPSA) is 75.0 Å². The van der Waals surface area contributed by atoms with Gasteiger partial charge in [-0.3, -0.25) is 4.79 Å². The summed E-state index contributed by atoms with van der Waals surface area (Å²) in [5, 5.41) is 4.05. The van der Waals surface area contributed by atoms with Crippen LogP contribution in [0.2, 0.25) is 5.02 Å². The van der Waals surface area contributed by atoms with E-state index in [0.29, 0.717) is 24.4 Å². The molecule has 1 unspecified atom stereocenters. The van der Waals surface area contributed by atoms with Crippen LogP contribution in [0, 0.1) is 19.7 Å². The normalized spacial score (nSPS) is 16.7. The van der Waals surface area contributed by atoms with E-state index < -0.39 is 5.82 Å². The van der Waals surface area contributed by atoms with E-state index in [0.717, 1.165) is 33.6 Å². The summed E-state index contributed by atoms with van der Waals surface area (Å²) in [5.74, 6) is 0.797. The Hall–Kier alpha value is -3.19. The lowest BCUT2D eigenvalue weighted by Gasteiger charge is -2.23. The number of nitrogens with one attached hydrogen (secondary N) is 1. The fourth-order valence-corrected chi connectivity index (χ4v) is 4.26. The van der Waals surface area contributed by atoms with Gasteiger partial charge in [0.05, 0.1) is 27.8 Å². The molecule has 1 aliphatic rings. The minimum Gasteiger partial charge on any atom is -0.361 e. The predicted octanol–water partition coefficient (Wildman–Crippen LogP) is 5.50. The summed E-state index contributed by atoms with van der Waals surface area (Å²) in [7, 11) is 0. The number of fused-ring (bicyclic) bond motifs is 1. The van der Waals surface area contributed by atoms with Gasteiger partial charge in [-0.1, -0.05) is 22.8 Å². The first-order valence-electron chi connectivity index (χ1n) is 9.62. The molecule has 1 N–H and O–H groups in total. The molecule has 0 spiro atoms. The quantitative estimate of drug-likeness (QED) is 0.471. The highest BCUT2D eigenvalue weighted by molar-refractivity contribution is 6.30. The molecule has 0 saturated carbocycles. The third-order valence-electron chi connectivity index (χ3n) is 5.53. The molecule has 0 bridgehead atoms. The van der Waals surface area contributed by atoms with Crippen LogP contribution < -0.4 is 4.90 Å². The molecule has 152 valence electrons. The number of amides is 1. The molecule has 1 fully saturated rings. The zero-order chi connectivity index (χ0) is 21.0. The first kappa shape index (κ1) is 18.8. The molecule has 6 nitrogen and oxygen atoms in total. The third-order valence-corrected chi connectivity index (χ3v) is 5.84. The molecule has 30 heavy (non-hydrogen) atoms. The van der Waals surface area contributed by atoms with Gasteiger partial charge in [0.2, 0.25) is 5.91 Å². The summed E-state index contributed by atoms with van der Waals surface area (Å²) in [5.41, 5.74) is 4.88. The number of H-pyrrole nitrogens is 1. The molecule has 0 radical (unpaired) electrons. The van der Waals surface area contributed by atoms with Gasteiger partial charge in [0.15, 0.2) is 0 Å². The van der Waals surface area contributed by atoms with E-state index >= 15 is 0 Å². The van der Waals surface area contributed by atoms with Crippen LogP contribution >= 0.6 is 11.6 Å². The first-order chi connectivity index (χ1) is 14.4. The second kappa shape index (κ2) is 6.95. The molecule has 8 heteroatoms. The van der Waals surface area contributed by atoms with Crippen molar-refractivity contribution in [2.45, 2.75) is 32.7 Å². The third kappa shape index (κ3) is 2.97. The lowest BCUT2D eigenvalue weighted by molar-refractivity contribution is -0.117. The van der Waals surface area contributed by atoms with Crippen molar-refractivity contribution in [1.29, 1.82) is 0 Å². The molecule has 5 rings (SSSR count). The fraction of sp³-hybridized carbons (Fsp3) is 0.227. The number of benzene rings is 2. The van der Waals surface area contributed by atoms with Crippen LogP contribution in [0.25, 0.3) is 22.2 Å². The van der Waals surface area contributed by atoms with E-state index in [1.54, 1.807) is 11.0 Å². The highest BCUT2D eigenvalue weighted by Crippen LogP contribution is 2.38. The number of hydrogen-bond donors (Lipinski definition) is 1. The monoisotopic (exact) mass is 424 g/mol. The largest absolute Gasteiger partial charge is 0.361 e. The van der Waals surface area contributed by atoms with Gasteiger partial charge >= 0.3 is 0 Å². The number of anilines is 1. The molecule has 1 atom stereocenters. The van der Waals surface area contributed by atoms with Gasteiger partial charge in [0.25, 0.3) is 0 Å². The Bertz CT molecular complexity index is 1280. The van der Waals surface area contributed by atoms with Crippen molar-refractivity contribution in [2.24, 2.45) is 0 Å². The van der Waals surface area contributed by atoms with E-state index in [9.17, 15) is 9.18 Å². The molecule has 1 aliphatic heterocycles. The van der Waals surface area contributed by atoms with E-state index in [2.05, 4.69) is 10.1 Å². The number of imidazole rings is 1. The molecule has 2 aromatic carbocycles. The molecule has 4 aromatic rings. The minimum absolute atomic E-state index is 0.0255. The predicted molar refractivity (Wildman–Crippen MR) is 112 cm³/mol. The number of hydrogen-bond acceptors (Lipinski definition) is 4. The maximum atomic E-state index is 14.0. The number of aryl methyl sites for hydroxylation is 2. The molecular weight excluding hydrogens is 407 g/mol. The summed E-state index contributed by atoms with van der Waals surface area (Å²) in [6.45, 7) is 3.78. The lowest BCUT2D eigenvalue weighted by atomic mass is 10.0. The van der Waals surface area contributed by atoms with Crippen molar-refractivity contribution >= 4 is 34.2 Å². The standard InChI is InChI=1S/C22H18ClFN4O2/c1-11-21(12(2)30-27-11)13-3-6-17-18(9-13)26-22(25-17)19-7-8-20(29)28(19)14-4-5-15(23)16(24)10-14/h3-6,9-10,19H,7-8H2,1-2H3,(H,25,26). The number of aromatic nitrogens is 3. The fourth-order valence-electron chi connectivity index (χ4n) is 4.14. The van der Waals surface area contributed by atoms with Gasteiger partial charge in [-0.15, -0.1) is 0 Å². The summed E-state index contributed by atoms with van der Waals surface area (Å²) in [6, 6.07) is 10.0. The van der Waals surface area contributed by atoms with E-state index in [-0.39, 0.29) is 17.0 Å². The summed E-state index contributed by atoms with van der Waals surface area (Å²) in [6.07, 6.45) is 0.968. The van der Waals surface area contributed by atoms with E-state index in [1.165, 1.54) is 12.1 Å². The average Bonchev–Trinajstić information content (AvgIpc) is 3.40. The number of rotatable bonds is 3. The van der Waals surface area contributed by atoms with Crippen LogP contribution in [0.5, 0.6) is 0 Å². The molecule has 1 saturated heterocycles. The maximum Gasteiger partial charge on any atom is 0.227 e. The number of halogens is 2. The zero-order valence-corrected chi connectivity index (χ0v) is 17.1. The Morgan fingerprint density at radius 3 is 2.80 bits per heavy atom. The van der Waals surface area contributed by atoms with Gasteiger partial charge in [0.1, 0.15) is 17.4 Å². The van der Waals surface area contributed by atoms with Crippen LogP contribution in [0.1, 0.15) is 36.2 Å². The number of aromatic amines is 1. The molecule has 2 aromatic heterocycles. The van der Waals surface area contributed by atoms with Gasteiger partial charge in [-0.25, -0.2) is 9.37 Å². The highest BCUT2D eigenvalue weighted by atomic mass is 35.5. The van der Waals surface area contributed by atoms with Gasteiger partial charge in [-0.2, -0.15) is 0 Å². The van der Waals surface area contributed by atoms with Crippen molar-refractivity contribution < 1.29 is 13.7 Å². The number of carbonyl (C=O) groups excluding carboxylic acids is 1. The summed E-state index contributed by atoms with van der Waals surface area (Å²) < 4.78 is 19.3. The molecule has 0 aliphatic carbocycles. The van der Waals surface area contributed by atoms with E-state index in [1.807, 2.05) is 32.0 Å². The minimum atomic E-state index is -0.554. The van der Waals surface area contributed by atoms with Gasteiger partial charge < -0.3 is 14.4 Å². The Morgan fingerprint density at radius 1 is 1.23 bits per heavy atom. The van der Waals surface area contributed by atoms with Crippen molar-refractivity contribution in [1.82, 2.24) is 15.1 Å². The second-order valence-electron chi connectivity index (χ2n) is 7.47. The number of carbonyl (C=O) groups is 1. The number of nitrogens with zero attached hydrogens (tertiary/aromatic N) is 3. The molecule has 1 amide bonds. The Morgan fingerprint density at radius 2 is 2.07 bits per heavy atom. The summed E-state index contributed by atoms with van der Waals surface area (Å²) >= 11 is 5.80. The van der Waals surface area contributed by atoms with Crippen LogP contribution in [-0.2, 0) is 4.79 Å². The van der Waals surface area contributed by atoms with Crippen molar-refractivity contribution in [3.8, 4) is 11.1 Å². The van der Waals surface area contributed by atoms with Gasteiger partial charge in [0, 0.05) is 17.7 Å². The second-order valence-corrected chi connectivity index (χ2v) is 7.88. The SMILES string of the molecule is Cc1noc(C)c1-c1ccc2nc(C3CCC(=O)N3c3ccc(Cl)c(F)c3)[nH]c2c1. The van der Waals surface area contributed by atoms with Crippen LogP contribution in [0.15, 0.2) is 40.9 Å². The zero-order valence-electron chi connectivity index (χ0n) is 16.4. The Labute approximate surface area is 176 Å².